The number of ether oxygens (including phenoxy) is 2. The Morgan fingerprint density at radius 1 is 1.43 bits per heavy atom. The maximum atomic E-state index is 12.3. The number of carbonyl (C=O) groups is 1. The number of hydrogen-bond donors (Lipinski definition) is 0. The van der Waals surface area contributed by atoms with Gasteiger partial charge < -0.3 is 14.4 Å². The summed E-state index contributed by atoms with van der Waals surface area (Å²) in [6.07, 6.45) is -3.79. The average Bonchev–Trinajstić information content (AvgIpc) is 2.92. The van der Waals surface area contributed by atoms with Gasteiger partial charge in [0.1, 0.15) is 11.9 Å². The van der Waals surface area contributed by atoms with Crippen LogP contribution in [0.15, 0.2) is 24.3 Å². The van der Waals surface area contributed by atoms with Crippen LogP contribution in [0.2, 0.25) is 0 Å². The Bertz CT molecular complexity index is 498. The van der Waals surface area contributed by atoms with Gasteiger partial charge >= 0.3 is 6.36 Å². The number of alkyl halides is 3. The predicted octanol–water partition coefficient (Wildman–Crippen LogP) is 2.72. The van der Waals surface area contributed by atoms with Crippen molar-refractivity contribution in [2.45, 2.75) is 31.9 Å². The summed E-state index contributed by atoms with van der Waals surface area (Å²) in [5, 5.41) is 0. The SMILES string of the molecule is CN(Cc1ccccc1OC(F)(F)F)C(=O)C1CCCO1. The van der Waals surface area contributed by atoms with Gasteiger partial charge in [-0.3, -0.25) is 4.79 Å². The molecular formula is C14H16F3NO3. The fraction of sp³-hybridized carbons (Fsp3) is 0.500. The first-order chi connectivity index (χ1) is 9.87. The lowest BCUT2D eigenvalue weighted by Crippen LogP contribution is -2.35. The molecule has 0 bridgehead atoms. The lowest BCUT2D eigenvalue weighted by molar-refractivity contribution is -0.275. The molecule has 0 aromatic heterocycles. The Kier molecular flexibility index (Phi) is 4.72. The second-order valence-corrected chi connectivity index (χ2v) is 4.85. The number of nitrogens with zero attached hydrogens (tertiary/aromatic N) is 1. The van der Waals surface area contributed by atoms with Crippen LogP contribution < -0.4 is 4.74 Å². The minimum atomic E-state index is -4.76. The number of benzene rings is 1. The summed E-state index contributed by atoms with van der Waals surface area (Å²) in [6.45, 7) is 0.572. The van der Waals surface area contributed by atoms with Crippen LogP contribution in [-0.2, 0) is 16.1 Å². The molecule has 1 saturated heterocycles. The molecule has 1 aromatic carbocycles. The Morgan fingerprint density at radius 2 is 2.14 bits per heavy atom. The van der Waals surface area contributed by atoms with Crippen molar-refractivity contribution in [1.29, 1.82) is 0 Å². The lowest BCUT2D eigenvalue weighted by Gasteiger charge is -2.22. The minimum absolute atomic E-state index is 0.0327. The Labute approximate surface area is 120 Å². The summed E-state index contributed by atoms with van der Waals surface area (Å²) in [7, 11) is 1.54. The maximum absolute atomic E-state index is 12.3. The van der Waals surface area contributed by atoms with Gasteiger partial charge in [-0.05, 0) is 18.9 Å². The minimum Gasteiger partial charge on any atom is -0.405 e. The quantitative estimate of drug-likeness (QED) is 0.858. The van der Waals surface area contributed by atoms with Gasteiger partial charge in [0.05, 0.1) is 0 Å². The van der Waals surface area contributed by atoms with Gasteiger partial charge in [0.2, 0.25) is 0 Å². The number of halogens is 3. The summed E-state index contributed by atoms with van der Waals surface area (Å²) >= 11 is 0. The van der Waals surface area contributed by atoms with Crippen molar-refractivity contribution < 1.29 is 27.4 Å². The van der Waals surface area contributed by atoms with E-state index in [1.54, 1.807) is 6.07 Å². The van der Waals surface area contributed by atoms with E-state index in [4.69, 9.17) is 4.74 Å². The second-order valence-electron chi connectivity index (χ2n) is 4.85. The number of likely N-dealkylation sites (N-methyl/N-ethyl adjacent to an activating group) is 1. The molecule has 2 rings (SSSR count). The lowest BCUT2D eigenvalue weighted by atomic mass is 10.1. The Balaban J connectivity index is 2.06. The first-order valence-electron chi connectivity index (χ1n) is 6.57. The van der Waals surface area contributed by atoms with Crippen LogP contribution in [0.25, 0.3) is 0 Å². The summed E-state index contributed by atoms with van der Waals surface area (Å²) in [4.78, 5) is 13.4. The van der Waals surface area contributed by atoms with Crippen LogP contribution >= 0.6 is 0 Å². The van der Waals surface area contributed by atoms with E-state index in [0.29, 0.717) is 18.6 Å². The molecule has 1 amide bonds. The Hall–Kier alpha value is -1.76. The van der Waals surface area contributed by atoms with Crippen LogP contribution in [-0.4, -0.2) is 36.9 Å². The molecule has 0 saturated carbocycles. The third kappa shape index (κ3) is 4.35. The highest BCUT2D eigenvalue weighted by molar-refractivity contribution is 5.81. The molecule has 0 radical (unpaired) electrons. The van der Waals surface area contributed by atoms with Crippen molar-refractivity contribution in [3.63, 3.8) is 0 Å². The van der Waals surface area contributed by atoms with E-state index in [2.05, 4.69) is 4.74 Å². The van der Waals surface area contributed by atoms with Crippen molar-refractivity contribution in [2.75, 3.05) is 13.7 Å². The van der Waals surface area contributed by atoms with E-state index in [9.17, 15) is 18.0 Å². The molecule has 0 spiro atoms. The zero-order valence-corrected chi connectivity index (χ0v) is 11.5. The third-order valence-corrected chi connectivity index (χ3v) is 3.19. The first kappa shape index (κ1) is 15.6. The van der Waals surface area contributed by atoms with Gasteiger partial charge in [-0.15, -0.1) is 13.2 Å². The summed E-state index contributed by atoms with van der Waals surface area (Å²) < 4.78 is 46.3. The van der Waals surface area contributed by atoms with E-state index in [0.717, 1.165) is 6.42 Å². The molecule has 116 valence electrons. The molecule has 4 nitrogen and oxygen atoms in total. The van der Waals surface area contributed by atoms with Crippen molar-refractivity contribution in [2.24, 2.45) is 0 Å². The van der Waals surface area contributed by atoms with Crippen molar-refractivity contribution in [1.82, 2.24) is 4.90 Å². The highest BCUT2D eigenvalue weighted by Crippen LogP contribution is 2.27. The van der Waals surface area contributed by atoms with Gasteiger partial charge in [-0.25, -0.2) is 0 Å². The Morgan fingerprint density at radius 3 is 2.76 bits per heavy atom. The number of amides is 1. The topological polar surface area (TPSA) is 38.8 Å². The van der Waals surface area contributed by atoms with Gasteiger partial charge in [-0.2, -0.15) is 0 Å². The smallest absolute Gasteiger partial charge is 0.405 e. The average molecular weight is 303 g/mol. The van der Waals surface area contributed by atoms with Crippen LogP contribution in [0.3, 0.4) is 0 Å². The van der Waals surface area contributed by atoms with Crippen molar-refractivity contribution >= 4 is 5.91 Å². The van der Waals surface area contributed by atoms with E-state index < -0.39 is 12.5 Å². The van der Waals surface area contributed by atoms with Crippen molar-refractivity contribution in [3.8, 4) is 5.75 Å². The molecule has 1 aromatic rings. The molecule has 7 heteroatoms. The molecule has 0 N–H and O–H groups in total. The molecule has 1 unspecified atom stereocenters. The third-order valence-electron chi connectivity index (χ3n) is 3.19. The van der Waals surface area contributed by atoms with Crippen LogP contribution in [0.4, 0.5) is 13.2 Å². The van der Waals surface area contributed by atoms with Gasteiger partial charge in [0.15, 0.2) is 0 Å². The fourth-order valence-electron chi connectivity index (χ4n) is 2.21. The zero-order valence-electron chi connectivity index (χ0n) is 11.5. The number of carbonyl (C=O) groups excluding carboxylic acids is 1. The number of para-hydroxylation sites is 1. The molecule has 1 fully saturated rings. The monoisotopic (exact) mass is 303 g/mol. The van der Waals surface area contributed by atoms with Gasteiger partial charge in [0.25, 0.3) is 5.91 Å². The summed E-state index contributed by atoms with van der Waals surface area (Å²) in [5.41, 5.74) is 0.295. The molecule has 0 aliphatic carbocycles. The molecule has 1 aliphatic rings. The van der Waals surface area contributed by atoms with Gasteiger partial charge in [0, 0.05) is 25.8 Å². The van der Waals surface area contributed by atoms with E-state index in [1.807, 2.05) is 0 Å². The summed E-state index contributed by atoms with van der Waals surface area (Å²) in [6, 6.07) is 5.78. The first-order valence-corrected chi connectivity index (χ1v) is 6.57. The molecule has 1 heterocycles. The van der Waals surface area contributed by atoms with Gasteiger partial charge in [-0.1, -0.05) is 18.2 Å². The maximum Gasteiger partial charge on any atom is 0.573 e. The fourth-order valence-corrected chi connectivity index (χ4v) is 2.21. The standard InChI is InChI=1S/C14H16F3NO3/c1-18(13(19)12-7-4-8-20-12)9-10-5-2-3-6-11(10)21-14(15,16)17/h2-3,5-6,12H,4,7-9H2,1H3. The number of hydrogen-bond acceptors (Lipinski definition) is 3. The second kappa shape index (κ2) is 6.34. The normalized spacial score (nSPS) is 18.6. The number of rotatable bonds is 4. The zero-order chi connectivity index (χ0) is 15.5. The predicted molar refractivity (Wildman–Crippen MR) is 68.6 cm³/mol. The van der Waals surface area contributed by atoms with Crippen molar-refractivity contribution in [3.05, 3.63) is 29.8 Å². The van der Waals surface area contributed by atoms with Crippen LogP contribution in [0.5, 0.6) is 5.75 Å². The van der Waals surface area contributed by atoms with E-state index in [1.165, 1.54) is 30.1 Å². The highest BCUT2D eigenvalue weighted by Gasteiger charge is 2.32. The van der Waals surface area contributed by atoms with E-state index >= 15 is 0 Å². The molecule has 1 atom stereocenters. The van der Waals surface area contributed by atoms with Crippen LogP contribution in [0.1, 0.15) is 18.4 Å². The molecule has 1 aliphatic heterocycles. The van der Waals surface area contributed by atoms with E-state index in [-0.39, 0.29) is 18.2 Å². The molecular weight excluding hydrogens is 287 g/mol. The summed E-state index contributed by atoms with van der Waals surface area (Å²) in [5.74, 6) is -0.522. The molecule has 21 heavy (non-hydrogen) atoms. The highest BCUT2D eigenvalue weighted by atomic mass is 19.4. The largest absolute Gasteiger partial charge is 0.573 e. The van der Waals surface area contributed by atoms with Crippen LogP contribution in [0, 0.1) is 0 Å².